The van der Waals surface area contributed by atoms with Gasteiger partial charge < -0.3 is 15.1 Å². The molecule has 0 spiro atoms. The first-order valence-electron chi connectivity index (χ1n) is 8.48. The lowest BCUT2D eigenvalue weighted by atomic mass is 9.96. The average Bonchev–Trinajstić information content (AvgIpc) is 3.02. The molecule has 0 aromatic carbocycles. The highest BCUT2D eigenvalue weighted by molar-refractivity contribution is 7.99. The van der Waals surface area contributed by atoms with Crippen molar-refractivity contribution >= 4 is 36.0 Å². The minimum atomic E-state index is -0.227. The van der Waals surface area contributed by atoms with E-state index in [4.69, 9.17) is 0 Å². The second-order valence-electron chi connectivity index (χ2n) is 6.31. The molecule has 2 saturated heterocycles. The zero-order valence-corrected chi connectivity index (χ0v) is 15.9. The van der Waals surface area contributed by atoms with E-state index in [-0.39, 0.29) is 30.3 Å². The smallest absolute Gasteiger partial charge is 0.246 e. The van der Waals surface area contributed by atoms with Gasteiger partial charge in [-0.25, -0.2) is 0 Å². The van der Waals surface area contributed by atoms with Crippen molar-refractivity contribution < 1.29 is 9.59 Å². The molecular formula is C16H30ClN3O2S. The molecule has 2 fully saturated rings. The standard InChI is InChI=1S/C16H29N3O2S.ClH/c1-3-4-5-15(20)19-12-22-11-14(19)16(21)18-8-6-13(7-9-18)10-17-2;/h13-14,17H,3-12H2,1-2H3;1H. The van der Waals surface area contributed by atoms with Crippen LogP contribution in [-0.4, -0.2) is 66.0 Å². The number of carbonyl (C=O) groups is 2. The van der Waals surface area contributed by atoms with E-state index >= 15 is 0 Å². The average molecular weight is 364 g/mol. The van der Waals surface area contributed by atoms with Crippen LogP contribution in [0.2, 0.25) is 0 Å². The van der Waals surface area contributed by atoms with Gasteiger partial charge in [-0.05, 0) is 38.8 Å². The Labute approximate surface area is 150 Å². The number of amides is 2. The second kappa shape index (κ2) is 10.4. The number of rotatable bonds is 6. The number of thioether (sulfide) groups is 1. The summed E-state index contributed by atoms with van der Waals surface area (Å²) in [5.74, 6) is 2.42. The number of hydrogen-bond acceptors (Lipinski definition) is 4. The van der Waals surface area contributed by atoms with E-state index in [1.54, 1.807) is 11.8 Å². The van der Waals surface area contributed by atoms with Crippen LogP contribution in [-0.2, 0) is 9.59 Å². The van der Waals surface area contributed by atoms with Crippen molar-refractivity contribution in [3.8, 4) is 0 Å². The van der Waals surface area contributed by atoms with E-state index in [1.807, 2.05) is 16.8 Å². The van der Waals surface area contributed by atoms with Crippen LogP contribution in [0.25, 0.3) is 0 Å². The first-order valence-corrected chi connectivity index (χ1v) is 9.63. The van der Waals surface area contributed by atoms with Gasteiger partial charge in [0.2, 0.25) is 11.8 Å². The number of halogens is 1. The normalized spacial score (nSPS) is 22.1. The van der Waals surface area contributed by atoms with E-state index in [1.165, 1.54) is 0 Å². The Morgan fingerprint density at radius 1 is 1.26 bits per heavy atom. The molecule has 2 amide bonds. The number of nitrogens with zero attached hydrogens (tertiary/aromatic N) is 2. The van der Waals surface area contributed by atoms with E-state index in [2.05, 4.69) is 12.2 Å². The fraction of sp³-hybridized carbons (Fsp3) is 0.875. The maximum atomic E-state index is 12.8. The Kier molecular flexibility index (Phi) is 9.32. The topological polar surface area (TPSA) is 52.7 Å². The van der Waals surface area contributed by atoms with E-state index in [9.17, 15) is 9.59 Å². The van der Waals surface area contributed by atoms with Crippen molar-refractivity contribution in [1.29, 1.82) is 0 Å². The SMILES string of the molecule is CCCCC(=O)N1CSCC1C(=O)N1CCC(CNC)CC1.Cl. The van der Waals surface area contributed by atoms with Crippen molar-refractivity contribution in [2.24, 2.45) is 5.92 Å². The van der Waals surface area contributed by atoms with E-state index in [0.717, 1.165) is 51.1 Å². The quantitative estimate of drug-likeness (QED) is 0.783. The maximum absolute atomic E-state index is 12.8. The number of unbranched alkanes of at least 4 members (excludes halogenated alkanes) is 1. The summed E-state index contributed by atoms with van der Waals surface area (Å²) in [4.78, 5) is 28.8. The van der Waals surface area contributed by atoms with Gasteiger partial charge in [0.15, 0.2) is 0 Å². The zero-order chi connectivity index (χ0) is 15.9. The van der Waals surface area contributed by atoms with Gasteiger partial charge in [-0.15, -0.1) is 24.2 Å². The van der Waals surface area contributed by atoms with Gasteiger partial charge in [-0.1, -0.05) is 13.3 Å². The number of piperidine rings is 1. The fourth-order valence-corrected chi connectivity index (χ4v) is 4.39. The molecular weight excluding hydrogens is 334 g/mol. The second-order valence-corrected chi connectivity index (χ2v) is 7.31. The minimum Gasteiger partial charge on any atom is -0.341 e. The lowest BCUT2D eigenvalue weighted by Gasteiger charge is -2.35. The predicted molar refractivity (Wildman–Crippen MR) is 98.0 cm³/mol. The molecule has 2 heterocycles. The first-order chi connectivity index (χ1) is 10.7. The summed E-state index contributed by atoms with van der Waals surface area (Å²) in [6, 6.07) is -0.227. The molecule has 134 valence electrons. The third kappa shape index (κ3) is 5.54. The van der Waals surface area contributed by atoms with Crippen molar-refractivity contribution in [2.75, 3.05) is 38.3 Å². The van der Waals surface area contributed by atoms with Gasteiger partial charge in [-0.2, -0.15) is 0 Å². The molecule has 2 rings (SSSR count). The number of likely N-dealkylation sites (tertiary alicyclic amines) is 1. The van der Waals surface area contributed by atoms with Gasteiger partial charge in [0.1, 0.15) is 6.04 Å². The lowest BCUT2D eigenvalue weighted by molar-refractivity contribution is -0.144. The molecule has 0 radical (unpaired) electrons. The Bertz CT molecular complexity index is 390. The number of hydrogen-bond donors (Lipinski definition) is 1. The van der Waals surface area contributed by atoms with Crippen LogP contribution in [0.5, 0.6) is 0 Å². The van der Waals surface area contributed by atoms with Gasteiger partial charge in [0.25, 0.3) is 0 Å². The maximum Gasteiger partial charge on any atom is 0.246 e. The number of nitrogens with one attached hydrogen (secondary N) is 1. The molecule has 0 bridgehead atoms. The zero-order valence-electron chi connectivity index (χ0n) is 14.3. The molecule has 0 aromatic rings. The third-order valence-corrected chi connectivity index (χ3v) is 5.66. The summed E-state index contributed by atoms with van der Waals surface area (Å²) >= 11 is 1.70. The molecule has 1 atom stereocenters. The predicted octanol–water partition coefficient (Wildman–Crippen LogP) is 1.96. The molecule has 2 aliphatic heterocycles. The highest BCUT2D eigenvalue weighted by Gasteiger charge is 2.37. The first kappa shape index (κ1) is 20.6. The van der Waals surface area contributed by atoms with E-state index < -0.39 is 0 Å². The van der Waals surface area contributed by atoms with Crippen molar-refractivity contribution in [3.05, 3.63) is 0 Å². The highest BCUT2D eigenvalue weighted by Crippen LogP contribution is 2.25. The molecule has 1 N–H and O–H groups in total. The van der Waals surface area contributed by atoms with Crippen LogP contribution < -0.4 is 5.32 Å². The summed E-state index contributed by atoms with van der Waals surface area (Å²) in [6.45, 7) is 4.79. The highest BCUT2D eigenvalue weighted by atomic mass is 35.5. The number of carbonyl (C=O) groups excluding carboxylic acids is 2. The Morgan fingerprint density at radius 2 is 1.96 bits per heavy atom. The van der Waals surface area contributed by atoms with Crippen LogP contribution in [0, 0.1) is 5.92 Å². The van der Waals surface area contributed by atoms with Crippen molar-refractivity contribution in [2.45, 2.75) is 45.1 Å². The van der Waals surface area contributed by atoms with Crippen LogP contribution in [0.15, 0.2) is 0 Å². The summed E-state index contributed by atoms with van der Waals surface area (Å²) in [7, 11) is 1.98. The van der Waals surface area contributed by atoms with Crippen LogP contribution in [0.4, 0.5) is 0 Å². The molecule has 0 aromatic heterocycles. The van der Waals surface area contributed by atoms with Crippen molar-refractivity contribution in [3.63, 3.8) is 0 Å². The summed E-state index contributed by atoms with van der Waals surface area (Å²) in [6.07, 6.45) is 4.64. The summed E-state index contributed by atoms with van der Waals surface area (Å²) in [5, 5.41) is 3.22. The fourth-order valence-electron chi connectivity index (χ4n) is 3.22. The summed E-state index contributed by atoms with van der Waals surface area (Å²) < 4.78 is 0. The molecule has 23 heavy (non-hydrogen) atoms. The Morgan fingerprint density at radius 3 is 2.57 bits per heavy atom. The molecule has 0 saturated carbocycles. The van der Waals surface area contributed by atoms with Crippen LogP contribution in [0.1, 0.15) is 39.0 Å². The van der Waals surface area contributed by atoms with Gasteiger partial charge in [-0.3, -0.25) is 9.59 Å². The third-order valence-electron chi connectivity index (χ3n) is 4.65. The molecule has 5 nitrogen and oxygen atoms in total. The molecule has 2 aliphatic rings. The molecule has 1 unspecified atom stereocenters. The molecule has 7 heteroatoms. The Hall–Kier alpha value is -0.460. The largest absolute Gasteiger partial charge is 0.341 e. The monoisotopic (exact) mass is 363 g/mol. The Balaban J connectivity index is 0.00000264. The van der Waals surface area contributed by atoms with Crippen LogP contribution >= 0.6 is 24.2 Å². The van der Waals surface area contributed by atoms with Crippen LogP contribution in [0.3, 0.4) is 0 Å². The molecule has 0 aliphatic carbocycles. The van der Waals surface area contributed by atoms with Gasteiger partial charge in [0.05, 0.1) is 5.88 Å². The van der Waals surface area contributed by atoms with Gasteiger partial charge >= 0.3 is 0 Å². The summed E-state index contributed by atoms with van der Waals surface area (Å²) in [5.41, 5.74) is 0. The minimum absolute atomic E-state index is 0. The lowest BCUT2D eigenvalue weighted by Crippen LogP contribution is -2.51. The van der Waals surface area contributed by atoms with Gasteiger partial charge in [0, 0.05) is 25.3 Å². The van der Waals surface area contributed by atoms with E-state index in [0.29, 0.717) is 18.2 Å². The van der Waals surface area contributed by atoms with Crippen molar-refractivity contribution in [1.82, 2.24) is 15.1 Å².